The highest BCUT2D eigenvalue weighted by Crippen LogP contribution is 2.65. The molecule has 3 aliphatic heterocycles. The van der Waals surface area contributed by atoms with Gasteiger partial charge in [0.25, 0.3) is 0 Å². The molecule has 208 valence electrons. The lowest BCUT2D eigenvalue weighted by Gasteiger charge is -2.40. The minimum Gasteiger partial charge on any atom is -0.394 e. The fourth-order valence-corrected chi connectivity index (χ4v) is 7.01. The average Bonchev–Trinajstić information content (AvgIpc) is 3.48. The Morgan fingerprint density at radius 2 is 1.86 bits per heavy atom. The van der Waals surface area contributed by atoms with Crippen molar-refractivity contribution in [1.82, 2.24) is 14.7 Å². The Hall–Kier alpha value is -2.19. The van der Waals surface area contributed by atoms with Crippen molar-refractivity contribution in [3.63, 3.8) is 0 Å². The number of amides is 3. The number of likely N-dealkylation sites (tertiary alicyclic amines) is 1. The Morgan fingerprint density at radius 3 is 2.41 bits per heavy atom. The zero-order valence-corrected chi connectivity index (χ0v) is 23.4. The van der Waals surface area contributed by atoms with Crippen LogP contribution in [0.15, 0.2) is 25.3 Å². The molecule has 0 aromatic carbocycles. The van der Waals surface area contributed by atoms with E-state index in [0.717, 1.165) is 12.8 Å². The summed E-state index contributed by atoms with van der Waals surface area (Å²) in [5, 5.41) is 10.4. The molecule has 1 N–H and O–H groups in total. The monoisotopic (exact) mass is 517 g/mol. The Bertz CT molecular complexity index is 891. The second-order valence-corrected chi connectivity index (χ2v) is 11.5. The third-order valence-electron chi connectivity index (χ3n) is 8.69. The number of carbonyl (C=O) groups is 3. The highest BCUT2D eigenvalue weighted by Gasteiger charge is 2.79. The molecule has 8 heteroatoms. The molecule has 2 unspecified atom stereocenters. The van der Waals surface area contributed by atoms with Crippen LogP contribution in [0.1, 0.15) is 66.2 Å². The molecule has 0 aromatic rings. The zero-order chi connectivity index (χ0) is 27.5. The van der Waals surface area contributed by atoms with Crippen molar-refractivity contribution in [2.75, 3.05) is 33.3 Å². The van der Waals surface area contributed by atoms with Crippen molar-refractivity contribution in [3.8, 4) is 0 Å². The van der Waals surface area contributed by atoms with Crippen molar-refractivity contribution >= 4 is 17.7 Å². The zero-order valence-electron chi connectivity index (χ0n) is 23.4. The number of carbonyl (C=O) groups excluding carboxylic acids is 3. The summed E-state index contributed by atoms with van der Waals surface area (Å²) in [6.07, 6.45) is 7.43. The fraction of sp³-hybridized carbons (Fsp3) is 0.759. The lowest BCUT2D eigenvalue weighted by atomic mass is 9.64. The summed E-state index contributed by atoms with van der Waals surface area (Å²) in [5.74, 6) is -1.79. The van der Waals surface area contributed by atoms with Gasteiger partial charge < -0.3 is 24.5 Å². The van der Waals surface area contributed by atoms with Crippen LogP contribution in [0.25, 0.3) is 0 Å². The average molecular weight is 518 g/mol. The van der Waals surface area contributed by atoms with Gasteiger partial charge >= 0.3 is 0 Å². The predicted octanol–water partition coefficient (Wildman–Crippen LogP) is 3.01. The number of hydrogen-bond donors (Lipinski definition) is 1. The molecule has 3 rings (SSSR count). The van der Waals surface area contributed by atoms with E-state index in [1.807, 2.05) is 20.8 Å². The Morgan fingerprint density at radius 1 is 1.19 bits per heavy atom. The first-order chi connectivity index (χ1) is 17.6. The number of nitrogens with zero attached hydrogens (tertiary/aromatic N) is 3. The minimum absolute atomic E-state index is 0.145. The molecule has 1 spiro atoms. The fourth-order valence-electron chi connectivity index (χ4n) is 7.01. The van der Waals surface area contributed by atoms with Gasteiger partial charge in [-0.1, -0.05) is 46.3 Å². The Balaban J connectivity index is 2.16. The molecule has 3 heterocycles. The van der Waals surface area contributed by atoms with Gasteiger partial charge in [-0.15, -0.1) is 13.2 Å². The summed E-state index contributed by atoms with van der Waals surface area (Å²) in [7, 11) is 1.72. The van der Waals surface area contributed by atoms with E-state index in [4.69, 9.17) is 4.74 Å². The van der Waals surface area contributed by atoms with Crippen molar-refractivity contribution in [3.05, 3.63) is 25.3 Å². The smallest absolute Gasteiger partial charge is 0.248 e. The third kappa shape index (κ3) is 4.87. The minimum atomic E-state index is -1.09. The molecule has 2 bridgehead atoms. The number of likely N-dealkylation sites (N-methyl/N-ethyl adjacent to an activating group) is 1. The van der Waals surface area contributed by atoms with Gasteiger partial charge in [-0.3, -0.25) is 14.4 Å². The second kappa shape index (κ2) is 11.7. The summed E-state index contributed by atoms with van der Waals surface area (Å²) >= 11 is 0. The van der Waals surface area contributed by atoms with E-state index in [9.17, 15) is 19.5 Å². The van der Waals surface area contributed by atoms with E-state index in [1.165, 1.54) is 0 Å². The molecule has 0 aliphatic carbocycles. The van der Waals surface area contributed by atoms with Gasteiger partial charge in [-0.2, -0.15) is 0 Å². The standard InChI is InChI=1S/C29H47N3O5/c1-8-12-17-31(16-10-3)27(36)24-29-14-13-28(11-4,37-29)22(25(34)30(7)15-9-2)23(29)26(35)32(24)21(19-33)18-20(5)6/h9-10,20-24,33H,2-3,8,11-19H2,1,4-7H3/t21-,22-,23+,24?,28+,29?/m1/s1. The number of ether oxygens (including phenoxy) is 1. The third-order valence-corrected chi connectivity index (χ3v) is 8.69. The molecule has 3 amide bonds. The number of aliphatic hydroxyl groups excluding tert-OH is 1. The summed E-state index contributed by atoms with van der Waals surface area (Å²) in [4.78, 5) is 47.5. The molecule has 0 aromatic heterocycles. The molecule has 37 heavy (non-hydrogen) atoms. The first kappa shape index (κ1) is 29.4. The van der Waals surface area contributed by atoms with Gasteiger partial charge in [0, 0.05) is 26.7 Å². The van der Waals surface area contributed by atoms with Crippen LogP contribution in [-0.2, 0) is 19.1 Å². The van der Waals surface area contributed by atoms with Gasteiger partial charge in [-0.25, -0.2) is 0 Å². The van der Waals surface area contributed by atoms with E-state index < -0.39 is 35.1 Å². The van der Waals surface area contributed by atoms with Gasteiger partial charge in [0.15, 0.2) is 0 Å². The molecule has 3 aliphatic rings. The second-order valence-electron chi connectivity index (χ2n) is 11.5. The van der Waals surface area contributed by atoms with Crippen LogP contribution in [0.2, 0.25) is 0 Å². The Labute approximate surface area is 222 Å². The van der Waals surface area contributed by atoms with Crippen LogP contribution in [0.5, 0.6) is 0 Å². The maximum Gasteiger partial charge on any atom is 0.248 e. The molecule has 8 nitrogen and oxygen atoms in total. The quantitative estimate of drug-likeness (QED) is 0.358. The number of unbranched alkanes of at least 4 members (excludes halogenated alkanes) is 1. The van der Waals surface area contributed by atoms with Gasteiger partial charge in [-0.05, 0) is 38.0 Å². The maximum absolute atomic E-state index is 14.4. The van der Waals surface area contributed by atoms with Gasteiger partial charge in [0.05, 0.1) is 30.1 Å². The molecule has 6 atom stereocenters. The molecule has 3 fully saturated rings. The van der Waals surface area contributed by atoms with Crippen LogP contribution in [0, 0.1) is 17.8 Å². The van der Waals surface area contributed by atoms with E-state index in [2.05, 4.69) is 20.1 Å². The molecular formula is C29H47N3O5. The molecule has 0 saturated carbocycles. The lowest BCUT2D eigenvalue weighted by Crippen LogP contribution is -2.59. The van der Waals surface area contributed by atoms with Crippen LogP contribution < -0.4 is 0 Å². The van der Waals surface area contributed by atoms with Crippen molar-refractivity contribution in [2.24, 2.45) is 17.8 Å². The van der Waals surface area contributed by atoms with E-state index in [-0.39, 0.29) is 30.2 Å². The maximum atomic E-state index is 14.4. The van der Waals surface area contributed by atoms with Gasteiger partial charge in [0.2, 0.25) is 17.7 Å². The van der Waals surface area contributed by atoms with Crippen molar-refractivity contribution < 1.29 is 24.2 Å². The number of fused-ring (bicyclic) bond motifs is 1. The van der Waals surface area contributed by atoms with Crippen LogP contribution in [0.3, 0.4) is 0 Å². The van der Waals surface area contributed by atoms with Gasteiger partial charge in [0.1, 0.15) is 11.6 Å². The summed E-state index contributed by atoms with van der Waals surface area (Å²) in [6.45, 7) is 16.8. The highest BCUT2D eigenvalue weighted by molar-refractivity contribution is 5.99. The molecular weight excluding hydrogens is 470 g/mol. The normalized spacial score (nSPS) is 30.9. The number of hydrogen-bond acceptors (Lipinski definition) is 5. The SMILES string of the molecule is C=CCN(C)C(=O)[C@H]1[C@H]2C(=O)N([C@@H](CO)CC(C)C)C(C(=O)N(CC=C)CCCC)C23CC[C@]1(CC)O3. The lowest BCUT2D eigenvalue weighted by molar-refractivity contribution is -0.158. The Kier molecular flexibility index (Phi) is 9.27. The number of aliphatic hydroxyl groups is 1. The van der Waals surface area contributed by atoms with Crippen molar-refractivity contribution in [1.29, 1.82) is 0 Å². The van der Waals surface area contributed by atoms with E-state index in [1.54, 1.807) is 33.9 Å². The summed E-state index contributed by atoms with van der Waals surface area (Å²) in [6, 6.07) is -1.41. The molecule has 0 radical (unpaired) electrons. The van der Waals surface area contributed by atoms with E-state index in [0.29, 0.717) is 45.3 Å². The highest BCUT2D eigenvalue weighted by atomic mass is 16.5. The topological polar surface area (TPSA) is 90.4 Å². The summed E-state index contributed by atoms with van der Waals surface area (Å²) in [5.41, 5.74) is -1.87. The van der Waals surface area contributed by atoms with E-state index >= 15 is 0 Å². The van der Waals surface area contributed by atoms with Crippen LogP contribution >= 0.6 is 0 Å². The van der Waals surface area contributed by atoms with Crippen LogP contribution in [-0.4, -0.2) is 94.1 Å². The van der Waals surface area contributed by atoms with Crippen molar-refractivity contribution in [2.45, 2.75) is 89.5 Å². The van der Waals surface area contributed by atoms with Crippen LogP contribution in [0.4, 0.5) is 0 Å². The molecule has 3 saturated heterocycles. The first-order valence-corrected chi connectivity index (χ1v) is 14.0. The predicted molar refractivity (Wildman–Crippen MR) is 144 cm³/mol. The number of rotatable bonds is 14. The summed E-state index contributed by atoms with van der Waals surface area (Å²) < 4.78 is 6.86. The first-order valence-electron chi connectivity index (χ1n) is 14.0. The largest absolute Gasteiger partial charge is 0.394 e.